The third-order valence-electron chi connectivity index (χ3n) is 2.40. The van der Waals surface area contributed by atoms with Crippen molar-refractivity contribution >= 4 is 16.9 Å². The molecular weight excluding hydrogens is 216 g/mol. The minimum atomic E-state index is -3.73. The van der Waals surface area contributed by atoms with Gasteiger partial charge in [0.15, 0.2) is 0 Å². The van der Waals surface area contributed by atoms with Gasteiger partial charge in [-0.3, -0.25) is 0 Å². The first-order chi connectivity index (χ1) is 7.50. The maximum absolute atomic E-state index is 13.0. The van der Waals surface area contributed by atoms with Crippen molar-refractivity contribution in [3.05, 3.63) is 36.0 Å². The molecule has 0 saturated heterocycles. The van der Waals surface area contributed by atoms with Gasteiger partial charge in [-0.15, -0.1) is 0 Å². The van der Waals surface area contributed by atoms with Crippen molar-refractivity contribution in [2.45, 2.75) is 12.3 Å². The van der Waals surface area contributed by atoms with Crippen LogP contribution in [0.2, 0.25) is 0 Å². The molecule has 0 spiro atoms. The summed E-state index contributed by atoms with van der Waals surface area (Å²) in [6, 6.07) is 6.92. The number of carboxylic acid groups (broad SMARTS) is 1. The fourth-order valence-electron chi connectivity index (χ4n) is 1.59. The van der Waals surface area contributed by atoms with Crippen LogP contribution in [0.5, 0.6) is 0 Å². The number of nitrogens with one attached hydrogen (secondary N) is 1. The largest absolute Gasteiger partial charge is 0.477 e. The molecule has 1 aromatic heterocycles. The van der Waals surface area contributed by atoms with E-state index in [1.54, 1.807) is 24.3 Å². The predicted octanol–water partition coefficient (Wildman–Crippen LogP) is 2.43. The summed E-state index contributed by atoms with van der Waals surface area (Å²) in [6.07, 6.45) is 0.619. The lowest BCUT2D eigenvalue weighted by Crippen LogP contribution is -2.30. The average Bonchev–Trinajstić information content (AvgIpc) is 2.61. The van der Waals surface area contributed by atoms with E-state index in [1.165, 1.54) is 6.20 Å². The summed E-state index contributed by atoms with van der Waals surface area (Å²) in [5.74, 6) is -5.83. The second kappa shape index (κ2) is 3.59. The first-order valence-corrected chi connectivity index (χ1v) is 4.67. The highest BCUT2D eigenvalue weighted by Gasteiger charge is 2.39. The molecule has 2 aromatic rings. The monoisotopic (exact) mass is 225 g/mol. The number of H-pyrrole nitrogens is 1. The number of carbonyl (C=O) groups is 1. The summed E-state index contributed by atoms with van der Waals surface area (Å²) in [5, 5.41) is 8.98. The van der Waals surface area contributed by atoms with Crippen LogP contribution in [0, 0.1) is 0 Å². The highest BCUT2D eigenvalue weighted by molar-refractivity contribution is 5.84. The van der Waals surface area contributed by atoms with Gasteiger partial charge in [0, 0.05) is 23.5 Å². The van der Waals surface area contributed by atoms with Crippen LogP contribution in [0.15, 0.2) is 30.5 Å². The molecule has 0 aliphatic heterocycles. The summed E-state index contributed by atoms with van der Waals surface area (Å²) in [7, 11) is 0. The second-order valence-corrected chi connectivity index (χ2v) is 3.55. The van der Waals surface area contributed by atoms with Gasteiger partial charge in [0.25, 0.3) is 0 Å². The Kier molecular flexibility index (Phi) is 2.38. The lowest BCUT2D eigenvalue weighted by molar-refractivity contribution is -0.164. The van der Waals surface area contributed by atoms with Crippen LogP contribution in [0.1, 0.15) is 5.56 Å². The number of benzene rings is 1. The molecule has 0 amide bonds. The van der Waals surface area contributed by atoms with Crippen LogP contribution in [0.4, 0.5) is 8.78 Å². The van der Waals surface area contributed by atoms with Crippen molar-refractivity contribution in [1.29, 1.82) is 0 Å². The fourth-order valence-corrected chi connectivity index (χ4v) is 1.59. The smallest absolute Gasteiger partial charge is 0.374 e. The predicted molar refractivity (Wildman–Crippen MR) is 54.6 cm³/mol. The molecule has 1 heterocycles. The average molecular weight is 225 g/mol. The van der Waals surface area contributed by atoms with Gasteiger partial charge in [0.1, 0.15) is 0 Å². The number of aromatic amines is 1. The van der Waals surface area contributed by atoms with Crippen molar-refractivity contribution < 1.29 is 18.7 Å². The van der Waals surface area contributed by atoms with Crippen LogP contribution in [-0.2, 0) is 11.2 Å². The molecular formula is C11H9F2NO2. The van der Waals surface area contributed by atoms with Gasteiger partial charge in [-0.1, -0.05) is 18.2 Å². The molecule has 2 rings (SSSR count). The van der Waals surface area contributed by atoms with Gasteiger partial charge in [0.2, 0.25) is 0 Å². The lowest BCUT2D eigenvalue weighted by Gasteiger charge is -2.09. The molecule has 3 nitrogen and oxygen atoms in total. The molecule has 0 radical (unpaired) electrons. The quantitative estimate of drug-likeness (QED) is 0.842. The van der Waals surface area contributed by atoms with E-state index in [-0.39, 0.29) is 0 Å². The first-order valence-electron chi connectivity index (χ1n) is 4.67. The Bertz CT molecular complexity index is 534. The van der Waals surface area contributed by atoms with Crippen LogP contribution < -0.4 is 0 Å². The molecule has 5 heteroatoms. The van der Waals surface area contributed by atoms with E-state index >= 15 is 0 Å². The first kappa shape index (κ1) is 10.6. The highest BCUT2D eigenvalue weighted by atomic mass is 19.3. The van der Waals surface area contributed by atoms with Crippen LogP contribution >= 0.6 is 0 Å². The van der Waals surface area contributed by atoms with E-state index in [4.69, 9.17) is 5.11 Å². The molecule has 0 aliphatic carbocycles. The molecule has 0 unspecified atom stereocenters. The number of aliphatic carboxylic acids is 1. The normalized spacial score (nSPS) is 11.9. The summed E-state index contributed by atoms with van der Waals surface area (Å²) in [6.45, 7) is 0. The number of aromatic nitrogens is 1. The zero-order valence-corrected chi connectivity index (χ0v) is 8.21. The molecule has 0 bridgehead atoms. The molecule has 0 atom stereocenters. The minimum Gasteiger partial charge on any atom is -0.477 e. The van der Waals surface area contributed by atoms with Gasteiger partial charge in [-0.25, -0.2) is 4.79 Å². The number of halogens is 2. The molecule has 16 heavy (non-hydrogen) atoms. The summed E-state index contributed by atoms with van der Waals surface area (Å²) >= 11 is 0. The van der Waals surface area contributed by atoms with Crippen molar-refractivity contribution in [3.8, 4) is 0 Å². The molecule has 2 N–H and O–H groups in total. The Morgan fingerprint density at radius 2 is 2.06 bits per heavy atom. The third kappa shape index (κ3) is 1.76. The van der Waals surface area contributed by atoms with Gasteiger partial charge in [-0.2, -0.15) is 8.78 Å². The molecule has 1 aromatic carbocycles. The molecule has 84 valence electrons. The van der Waals surface area contributed by atoms with E-state index in [0.717, 1.165) is 5.52 Å². The zero-order valence-electron chi connectivity index (χ0n) is 8.21. The maximum atomic E-state index is 13.0. The number of hydrogen-bond donors (Lipinski definition) is 2. The Balaban J connectivity index is 2.38. The van der Waals surface area contributed by atoms with Gasteiger partial charge in [0.05, 0.1) is 0 Å². The Morgan fingerprint density at radius 1 is 1.38 bits per heavy atom. The van der Waals surface area contributed by atoms with Crippen LogP contribution in [-0.4, -0.2) is 22.0 Å². The SMILES string of the molecule is O=C(O)C(F)(F)Cc1c[nH]c2ccccc12. The van der Waals surface area contributed by atoms with Gasteiger partial charge < -0.3 is 10.1 Å². The topological polar surface area (TPSA) is 53.1 Å². The highest BCUT2D eigenvalue weighted by Crippen LogP contribution is 2.25. The number of alkyl halides is 2. The second-order valence-electron chi connectivity index (χ2n) is 3.55. The summed E-state index contributed by atoms with van der Waals surface area (Å²) in [5.41, 5.74) is 1.03. The lowest BCUT2D eigenvalue weighted by atomic mass is 10.1. The van der Waals surface area contributed by atoms with Crippen molar-refractivity contribution in [2.24, 2.45) is 0 Å². The van der Waals surface area contributed by atoms with Crippen molar-refractivity contribution in [1.82, 2.24) is 4.98 Å². The number of fused-ring (bicyclic) bond motifs is 1. The van der Waals surface area contributed by atoms with E-state index in [9.17, 15) is 13.6 Å². The number of hydrogen-bond acceptors (Lipinski definition) is 1. The van der Waals surface area contributed by atoms with E-state index < -0.39 is 18.3 Å². The maximum Gasteiger partial charge on any atom is 0.374 e. The summed E-state index contributed by atoms with van der Waals surface area (Å²) < 4.78 is 26.0. The van der Waals surface area contributed by atoms with Gasteiger partial charge in [-0.05, 0) is 11.6 Å². The molecule has 0 aliphatic rings. The number of rotatable bonds is 3. The van der Waals surface area contributed by atoms with Crippen LogP contribution in [0.3, 0.4) is 0 Å². The standard InChI is InChI=1S/C11H9F2NO2/c12-11(13,10(15)16)5-7-6-14-9-4-2-1-3-8(7)9/h1-4,6,14H,5H2,(H,15,16). The molecule has 0 fully saturated rings. The zero-order chi connectivity index (χ0) is 11.8. The third-order valence-corrected chi connectivity index (χ3v) is 2.40. The van der Waals surface area contributed by atoms with Crippen LogP contribution in [0.25, 0.3) is 10.9 Å². The Labute approximate surface area is 89.7 Å². The van der Waals surface area contributed by atoms with E-state index in [0.29, 0.717) is 10.9 Å². The fraction of sp³-hybridized carbons (Fsp3) is 0.182. The van der Waals surface area contributed by atoms with Crippen molar-refractivity contribution in [2.75, 3.05) is 0 Å². The van der Waals surface area contributed by atoms with E-state index in [2.05, 4.69) is 4.98 Å². The van der Waals surface area contributed by atoms with E-state index in [1.807, 2.05) is 0 Å². The minimum absolute atomic E-state index is 0.308. The number of para-hydroxylation sites is 1. The van der Waals surface area contributed by atoms with Gasteiger partial charge >= 0.3 is 11.9 Å². The number of carboxylic acids is 1. The Hall–Kier alpha value is -1.91. The Morgan fingerprint density at radius 3 is 2.75 bits per heavy atom. The summed E-state index contributed by atoms with van der Waals surface area (Å²) in [4.78, 5) is 13.1. The van der Waals surface area contributed by atoms with Crippen molar-refractivity contribution in [3.63, 3.8) is 0 Å². The molecule has 0 saturated carbocycles.